The number of non-ortho nitro benzene ring substituents is 1. The minimum absolute atomic E-state index is 0.144. The van der Waals surface area contributed by atoms with Crippen molar-refractivity contribution >= 4 is 5.69 Å². The van der Waals surface area contributed by atoms with Crippen molar-refractivity contribution in [2.24, 2.45) is 0 Å². The number of nitro benzene ring substituents is 1. The molecule has 0 saturated heterocycles. The molecule has 4 nitrogen and oxygen atoms in total. The smallest absolute Gasteiger partial charge is 0.269 e. The molecule has 1 N–H and O–H groups in total. The molecule has 0 aliphatic heterocycles. The Morgan fingerprint density at radius 1 is 1.38 bits per heavy atom. The van der Waals surface area contributed by atoms with Crippen LogP contribution in [-0.4, -0.2) is 11.0 Å². The van der Waals surface area contributed by atoms with Crippen LogP contribution in [0.4, 0.5) is 5.69 Å². The summed E-state index contributed by atoms with van der Waals surface area (Å²) in [5, 5.41) is 13.8. The summed E-state index contributed by atoms with van der Waals surface area (Å²) < 4.78 is 0. The second-order valence-corrected chi connectivity index (χ2v) is 3.99. The van der Waals surface area contributed by atoms with Crippen LogP contribution in [0.15, 0.2) is 24.3 Å². The van der Waals surface area contributed by atoms with Gasteiger partial charge in [0.15, 0.2) is 0 Å². The van der Waals surface area contributed by atoms with Crippen LogP contribution in [0.1, 0.15) is 32.3 Å². The monoisotopic (exact) mass is 222 g/mol. The number of rotatable bonds is 6. The van der Waals surface area contributed by atoms with Crippen molar-refractivity contribution in [3.8, 4) is 0 Å². The van der Waals surface area contributed by atoms with Crippen molar-refractivity contribution in [2.75, 3.05) is 0 Å². The zero-order valence-electron chi connectivity index (χ0n) is 9.77. The van der Waals surface area contributed by atoms with Gasteiger partial charge in [0.1, 0.15) is 0 Å². The first-order valence-electron chi connectivity index (χ1n) is 5.60. The molecular weight excluding hydrogens is 204 g/mol. The fourth-order valence-electron chi connectivity index (χ4n) is 1.56. The highest BCUT2D eigenvalue weighted by molar-refractivity contribution is 5.32. The molecule has 0 aliphatic rings. The Kier molecular flexibility index (Phi) is 4.92. The van der Waals surface area contributed by atoms with Gasteiger partial charge >= 0.3 is 0 Å². The molecule has 88 valence electrons. The summed E-state index contributed by atoms with van der Waals surface area (Å²) in [6.45, 7) is 5.07. The largest absolute Gasteiger partial charge is 0.310 e. The third-order valence-electron chi connectivity index (χ3n) is 2.52. The van der Waals surface area contributed by atoms with Gasteiger partial charge in [-0.15, -0.1) is 0 Å². The first-order chi connectivity index (χ1) is 7.63. The highest BCUT2D eigenvalue weighted by Gasteiger charge is 2.04. The molecule has 1 aromatic carbocycles. The highest BCUT2D eigenvalue weighted by Crippen LogP contribution is 2.11. The third kappa shape index (κ3) is 3.98. The highest BCUT2D eigenvalue weighted by atomic mass is 16.6. The van der Waals surface area contributed by atoms with Gasteiger partial charge in [-0.05, 0) is 18.9 Å². The molecule has 0 radical (unpaired) electrons. The fourth-order valence-corrected chi connectivity index (χ4v) is 1.56. The van der Waals surface area contributed by atoms with Crippen LogP contribution < -0.4 is 5.32 Å². The molecule has 16 heavy (non-hydrogen) atoms. The van der Waals surface area contributed by atoms with Crippen LogP contribution in [0.2, 0.25) is 0 Å². The molecule has 0 amide bonds. The van der Waals surface area contributed by atoms with Gasteiger partial charge in [0.2, 0.25) is 0 Å². The minimum atomic E-state index is -0.378. The van der Waals surface area contributed by atoms with Crippen LogP contribution in [0, 0.1) is 10.1 Å². The van der Waals surface area contributed by atoms with Gasteiger partial charge in [-0.2, -0.15) is 0 Å². The predicted molar refractivity (Wildman–Crippen MR) is 64.3 cm³/mol. The van der Waals surface area contributed by atoms with E-state index in [2.05, 4.69) is 19.2 Å². The quantitative estimate of drug-likeness (QED) is 0.594. The van der Waals surface area contributed by atoms with E-state index in [1.54, 1.807) is 24.3 Å². The molecule has 0 saturated carbocycles. The molecule has 1 aromatic rings. The number of nitrogens with zero attached hydrogens (tertiary/aromatic N) is 1. The summed E-state index contributed by atoms with van der Waals surface area (Å²) in [6.07, 6.45) is 2.31. The number of nitrogens with one attached hydrogen (secondary N) is 1. The standard InChI is InChI=1S/C12H18N2O2/c1-3-4-10(2)13-9-11-5-7-12(8-6-11)14(15)16/h5-8,10,13H,3-4,9H2,1-2H3. The average Bonchev–Trinajstić information content (AvgIpc) is 2.27. The van der Waals surface area contributed by atoms with E-state index in [1.165, 1.54) is 0 Å². The summed E-state index contributed by atoms with van der Waals surface area (Å²) in [4.78, 5) is 10.1. The normalized spacial score (nSPS) is 12.4. The lowest BCUT2D eigenvalue weighted by molar-refractivity contribution is -0.384. The molecule has 0 spiro atoms. The van der Waals surface area contributed by atoms with Crippen molar-refractivity contribution in [2.45, 2.75) is 39.3 Å². The maximum Gasteiger partial charge on any atom is 0.269 e. The van der Waals surface area contributed by atoms with Crippen LogP contribution in [0.3, 0.4) is 0 Å². The van der Waals surface area contributed by atoms with E-state index in [0.29, 0.717) is 6.04 Å². The second-order valence-electron chi connectivity index (χ2n) is 3.99. The van der Waals surface area contributed by atoms with E-state index in [-0.39, 0.29) is 10.6 Å². The Morgan fingerprint density at radius 2 is 2.00 bits per heavy atom. The summed E-state index contributed by atoms with van der Waals surface area (Å²) in [6, 6.07) is 7.16. The molecule has 0 heterocycles. The van der Waals surface area contributed by atoms with Crippen molar-refractivity contribution in [1.29, 1.82) is 0 Å². The summed E-state index contributed by atoms with van der Waals surface area (Å²) in [5.74, 6) is 0. The van der Waals surface area contributed by atoms with Gasteiger partial charge in [-0.25, -0.2) is 0 Å². The number of hydrogen-bond acceptors (Lipinski definition) is 3. The molecule has 0 aromatic heterocycles. The molecule has 1 atom stereocenters. The summed E-state index contributed by atoms with van der Waals surface area (Å²) in [5.41, 5.74) is 1.22. The molecule has 1 unspecified atom stereocenters. The number of hydrogen-bond donors (Lipinski definition) is 1. The maximum absolute atomic E-state index is 10.5. The lowest BCUT2D eigenvalue weighted by Crippen LogP contribution is -2.24. The van der Waals surface area contributed by atoms with Gasteiger partial charge in [0.05, 0.1) is 4.92 Å². The number of benzene rings is 1. The second kappa shape index (κ2) is 6.23. The van der Waals surface area contributed by atoms with E-state index < -0.39 is 0 Å². The molecule has 0 fully saturated rings. The third-order valence-corrected chi connectivity index (χ3v) is 2.52. The Bertz CT molecular complexity index is 335. The summed E-state index contributed by atoms with van der Waals surface area (Å²) in [7, 11) is 0. The van der Waals surface area contributed by atoms with E-state index in [0.717, 1.165) is 24.9 Å². The molecular formula is C12H18N2O2. The van der Waals surface area contributed by atoms with Gasteiger partial charge in [-0.1, -0.05) is 25.5 Å². The van der Waals surface area contributed by atoms with Crippen LogP contribution in [0.5, 0.6) is 0 Å². The van der Waals surface area contributed by atoms with Crippen LogP contribution in [0.25, 0.3) is 0 Å². The van der Waals surface area contributed by atoms with Gasteiger partial charge in [0, 0.05) is 24.7 Å². The zero-order valence-corrected chi connectivity index (χ0v) is 9.77. The molecule has 1 rings (SSSR count). The maximum atomic E-state index is 10.5. The number of nitro groups is 1. The van der Waals surface area contributed by atoms with Crippen molar-refractivity contribution < 1.29 is 4.92 Å². The Morgan fingerprint density at radius 3 is 2.50 bits per heavy atom. The Labute approximate surface area is 95.8 Å². The molecule has 0 aliphatic carbocycles. The lowest BCUT2D eigenvalue weighted by atomic mass is 10.1. The Hall–Kier alpha value is -1.42. The van der Waals surface area contributed by atoms with Gasteiger partial charge < -0.3 is 5.32 Å². The summed E-state index contributed by atoms with van der Waals surface area (Å²) >= 11 is 0. The van der Waals surface area contributed by atoms with E-state index >= 15 is 0 Å². The van der Waals surface area contributed by atoms with E-state index in [9.17, 15) is 10.1 Å². The van der Waals surface area contributed by atoms with Crippen LogP contribution >= 0.6 is 0 Å². The SMILES string of the molecule is CCCC(C)NCc1ccc([N+](=O)[O-])cc1. The van der Waals surface area contributed by atoms with Gasteiger partial charge in [0.25, 0.3) is 5.69 Å². The lowest BCUT2D eigenvalue weighted by Gasteiger charge is -2.12. The average molecular weight is 222 g/mol. The van der Waals surface area contributed by atoms with Crippen molar-refractivity contribution in [1.82, 2.24) is 5.32 Å². The van der Waals surface area contributed by atoms with Gasteiger partial charge in [-0.3, -0.25) is 10.1 Å². The van der Waals surface area contributed by atoms with Crippen LogP contribution in [-0.2, 0) is 6.54 Å². The zero-order chi connectivity index (χ0) is 12.0. The molecule has 4 heteroatoms. The van der Waals surface area contributed by atoms with Crippen molar-refractivity contribution in [3.63, 3.8) is 0 Å². The fraction of sp³-hybridized carbons (Fsp3) is 0.500. The first kappa shape index (κ1) is 12.6. The van der Waals surface area contributed by atoms with E-state index in [4.69, 9.17) is 0 Å². The van der Waals surface area contributed by atoms with Crippen molar-refractivity contribution in [3.05, 3.63) is 39.9 Å². The van der Waals surface area contributed by atoms with E-state index in [1.807, 2.05) is 0 Å². The Balaban J connectivity index is 2.46. The minimum Gasteiger partial charge on any atom is -0.310 e. The predicted octanol–water partition coefficient (Wildman–Crippen LogP) is 2.87. The first-order valence-corrected chi connectivity index (χ1v) is 5.60. The molecule has 0 bridgehead atoms. The topological polar surface area (TPSA) is 55.2 Å².